The van der Waals surface area contributed by atoms with Crippen molar-refractivity contribution in [3.05, 3.63) is 64.9 Å². The molecule has 0 aromatic heterocycles. The van der Waals surface area contributed by atoms with E-state index < -0.39 is 11.8 Å². The predicted octanol–water partition coefficient (Wildman–Crippen LogP) is 2.61. The minimum Gasteiger partial charge on any atom is -0.350 e. The molecule has 1 heterocycles. The van der Waals surface area contributed by atoms with Gasteiger partial charge in [-0.3, -0.25) is 19.7 Å². The van der Waals surface area contributed by atoms with Crippen LogP contribution < -0.4 is 16.0 Å². The zero-order valence-electron chi connectivity index (χ0n) is 14.9. The summed E-state index contributed by atoms with van der Waals surface area (Å²) in [5.41, 5.74) is 5.02. The highest BCUT2D eigenvalue weighted by Gasteiger charge is 2.31. The molecule has 0 atom stereocenters. The van der Waals surface area contributed by atoms with E-state index in [1.54, 1.807) is 24.3 Å². The molecule has 0 spiro atoms. The highest BCUT2D eigenvalue weighted by Crippen LogP contribution is 2.29. The summed E-state index contributed by atoms with van der Waals surface area (Å²) in [4.78, 5) is 36.0. The van der Waals surface area contributed by atoms with Gasteiger partial charge in [-0.2, -0.15) is 0 Å². The van der Waals surface area contributed by atoms with Crippen molar-refractivity contribution in [1.82, 2.24) is 5.32 Å². The Morgan fingerprint density at radius 3 is 2.59 bits per heavy atom. The van der Waals surface area contributed by atoms with Gasteiger partial charge in [-0.1, -0.05) is 18.2 Å². The van der Waals surface area contributed by atoms with Crippen LogP contribution in [0.25, 0.3) is 5.57 Å². The molecule has 4 rings (SSSR count). The maximum atomic E-state index is 12.4. The third-order valence-electron chi connectivity index (χ3n) is 4.77. The minimum absolute atomic E-state index is 0.204. The summed E-state index contributed by atoms with van der Waals surface area (Å²) >= 11 is 0. The van der Waals surface area contributed by atoms with E-state index in [0.717, 1.165) is 24.9 Å². The van der Waals surface area contributed by atoms with Crippen molar-refractivity contribution in [2.75, 3.05) is 10.6 Å². The van der Waals surface area contributed by atoms with Crippen molar-refractivity contribution in [3.63, 3.8) is 0 Å². The molecule has 2 aromatic carbocycles. The molecule has 0 fully saturated rings. The Morgan fingerprint density at radius 1 is 0.963 bits per heavy atom. The number of nitrogens with one attached hydrogen (secondary N) is 3. The lowest BCUT2D eigenvalue weighted by Gasteiger charge is -2.11. The third-order valence-corrected chi connectivity index (χ3v) is 4.77. The second-order valence-electron chi connectivity index (χ2n) is 6.76. The van der Waals surface area contributed by atoms with Crippen LogP contribution in [0.15, 0.2) is 48.2 Å². The Balaban J connectivity index is 1.72. The number of amides is 3. The quantitative estimate of drug-likeness (QED) is 0.731. The fraction of sp³-hybridized carbons (Fsp3) is 0.190. The Morgan fingerprint density at radius 2 is 1.78 bits per heavy atom. The van der Waals surface area contributed by atoms with Crippen LogP contribution in [-0.4, -0.2) is 17.7 Å². The first-order chi connectivity index (χ1) is 13.0. The van der Waals surface area contributed by atoms with Crippen molar-refractivity contribution in [2.24, 2.45) is 0 Å². The minimum atomic E-state index is -0.458. The van der Waals surface area contributed by atoms with Gasteiger partial charge in [-0.05, 0) is 60.2 Å². The van der Waals surface area contributed by atoms with Gasteiger partial charge < -0.3 is 10.6 Å². The van der Waals surface area contributed by atoms with Crippen molar-refractivity contribution >= 4 is 34.7 Å². The largest absolute Gasteiger partial charge is 0.350 e. The summed E-state index contributed by atoms with van der Waals surface area (Å²) in [6.45, 7) is 1.42. The van der Waals surface area contributed by atoms with Gasteiger partial charge in [0.25, 0.3) is 11.8 Å². The molecule has 0 bridgehead atoms. The zero-order chi connectivity index (χ0) is 19.0. The van der Waals surface area contributed by atoms with E-state index in [0.29, 0.717) is 11.3 Å². The molecule has 27 heavy (non-hydrogen) atoms. The molecule has 2 aromatic rings. The van der Waals surface area contributed by atoms with Gasteiger partial charge in [0.1, 0.15) is 5.70 Å². The first-order valence-corrected chi connectivity index (χ1v) is 8.88. The van der Waals surface area contributed by atoms with Crippen LogP contribution in [0, 0.1) is 0 Å². The number of aryl methyl sites for hydroxylation is 2. The normalized spacial score (nSPS) is 15.6. The van der Waals surface area contributed by atoms with Gasteiger partial charge in [0, 0.05) is 18.3 Å². The monoisotopic (exact) mass is 361 g/mol. The second-order valence-corrected chi connectivity index (χ2v) is 6.76. The summed E-state index contributed by atoms with van der Waals surface area (Å²) in [7, 11) is 0. The van der Waals surface area contributed by atoms with Crippen LogP contribution in [0.1, 0.15) is 30.0 Å². The number of carbonyl (C=O) groups excluding carboxylic acids is 3. The molecule has 6 nitrogen and oxygen atoms in total. The average Bonchev–Trinajstić information content (AvgIpc) is 3.18. The maximum absolute atomic E-state index is 12.4. The molecule has 1 aliphatic heterocycles. The summed E-state index contributed by atoms with van der Waals surface area (Å²) in [5, 5.41) is 8.15. The van der Waals surface area contributed by atoms with E-state index in [1.165, 1.54) is 18.1 Å². The lowest BCUT2D eigenvalue weighted by Crippen LogP contribution is -2.24. The Hall–Kier alpha value is -3.41. The highest BCUT2D eigenvalue weighted by molar-refractivity contribution is 6.36. The van der Waals surface area contributed by atoms with E-state index in [2.05, 4.69) is 22.0 Å². The molecule has 0 unspecified atom stereocenters. The number of imide groups is 1. The Labute approximate surface area is 156 Å². The SMILES string of the molecule is CC(=O)Nc1cccc(C2=C(Nc3ccc4c(c3)CCC4)C(=O)NC2=O)c1. The summed E-state index contributed by atoms with van der Waals surface area (Å²) in [6, 6.07) is 12.9. The summed E-state index contributed by atoms with van der Waals surface area (Å²) < 4.78 is 0. The Kier molecular flexibility index (Phi) is 4.24. The standard InChI is InChI=1S/C21H19N3O3/c1-12(25)22-16-7-3-6-15(11-16)18-19(21(27)24-20(18)26)23-17-9-8-13-4-2-5-14(13)10-17/h3,6-11H,2,4-5H2,1H3,(H,22,25)(H2,23,24,26,27). The number of fused-ring (bicyclic) bond motifs is 1. The highest BCUT2D eigenvalue weighted by atomic mass is 16.2. The summed E-state index contributed by atoms with van der Waals surface area (Å²) in [6.07, 6.45) is 3.25. The molecule has 0 radical (unpaired) electrons. The van der Waals surface area contributed by atoms with Crippen LogP contribution in [-0.2, 0) is 27.2 Å². The van der Waals surface area contributed by atoms with E-state index >= 15 is 0 Å². The fourth-order valence-electron chi connectivity index (χ4n) is 3.60. The van der Waals surface area contributed by atoms with Gasteiger partial charge in [0.05, 0.1) is 5.57 Å². The zero-order valence-corrected chi connectivity index (χ0v) is 14.9. The summed E-state index contributed by atoms with van der Waals surface area (Å²) in [5.74, 6) is -1.12. The molecule has 136 valence electrons. The molecule has 0 saturated carbocycles. The number of carbonyl (C=O) groups is 3. The van der Waals surface area contributed by atoms with Crippen LogP contribution in [0.4, 0.5) is 11.4 Å². The number of rotatable bonds is 4. The lowest BCUT2D eigenvalue weighted by atomic mass is 10.0. The lowest BCUT2D eigenvalue weighted by molar-refractivity contribution is -0.123. The second kappa shape index (κ2) is 6.72. The molecular formula is C21H19N3O3. The van der Waals surface area contributed by atoms with Gasteiger partial charge in [-0.15, -0.1) is 0 Å². The number of hydrogen-bond acceptors (Lipinski definition) is 4. The molecule has 3 amide bonds. The van der Waals surface area contributed by atoms with Crippen LogP contribution >= 0.6 is 0 Å². The van der Waals surface area contributed by atoms with E-state index in [-0.39, 0.29) is 17.2 Å². The van der Waals surface area contributed by atoms with E-state index in [1.807, 2.05) is 12.1 Å². The van der Waals surface area contributed by atoms with Crippen molar-refractivity contribution in [2.45, 2.75) is 26.2 Å². The molecular weight excluding hydrogens is 342 g/mol. The first-order valence-electron chi connectivity index (χ1n) is 8.88. The van der Waals surface area contributed by atoms with Gasteiger partial charge in [-0.25, -0.2) is 0 Å². The predicted molar refractivity (Wildman–Crippen MR) is 103 cm³/mol. The molecule has 0 saturated heterocycles. The molecule has 1 aliphatic carbocycles. The van der Waals surface area contributed by atoms with Crippen molar-refractivity contribution in [1.29, 1.82) is 0 Å². The van der Waals surface area contributed by atoms with Crippen LogP contribution in [0.2, 0.25) is 0 Å². The topological polar surface area (TPSA) is 87.3 Å². The molecule has 3 N–H and O–H groups in total. The Bertz CT molecular complexity index is 1010. The smallest absolute Gasteiger partial charge is 0.275 e. The third kappa shape index (κ3) is 3.33. The fourth-order valence-corrected chi connectivity index (χ4v) is 3.60. The van der Waals surface area contributed by atoms with Crippen LogP contribution in [0.3, 0.4) is 0 Å². The number of benzene rings is 2. The number of hydrogen-bond donors (Lipinski definition) is 3. The average molecular weight is 361 g/mol. The molecule has 2 aliphatic rings. The van der Waals surface area contributed by atoms with Gasteiger partial charge >= 0.3 is 0 Å². The number of anilines is 2. The van der Waals surface area contributed by atoms with Crippen molar-refractivity contribution < 1.29 is 14.4 Å². The van der Waals surface area contributed by atoms with Gasteiger partial charge in [0.15, 0.2) is 0 Å². The van der Waals surface area contributed by atoms with E-state index in [4.69, 9.17) is 0 Å². The van der Waals surface area contributed by atoms with Crippen LogP contribution in [0.5, 0.6) is 0 Å². The van der Waals surface area contributed by atoms with E-state index in [9.17, 15) is 14.4 Å². The first kappa shape index (κ1) is 17.0. The molecule has 6 heteroatoms. The van der Waals surface area contributed by atoms with Gasteiger partial charge in [0.2, 0.25) is 5.91 Å². The maximum Gasteiger partial charge on any atom is 0.275 e. The van der Waals surface area contributed by atoms with Crippen molar-refractivity contribution in [3.8, 4) is 0 Å².